The van der Waals surface area contributed by atoms with E-state index >= 15 is 0 Å². The van der Waals surface area contributed by atoms with Gasteiger partial charge in [0.25, 0.3) is 0 Å². The number of rotatable bonds is 10. The second-order valence-corrected chi connectivity index (χ2v) is 9.54. The lowest BCUT2D eigenvalue weighted by Gasteiger charge is -2.28. The Kier molecular flexibility index (Phi) is 8.54. The molecule has 3 rings (SSSR count). The Hall–Kier alpha value is -2.12. The summed E-state index contributed by atoms with van der Waals surface area (Å²) in [5, 5.41) is 15.6. The van der Waals surface area contributed by atoms with Crippen molar-refractivity contribution in [2.45, 2.75) is 51.5 Å². The molecule has 0 fully saturated rings. The number of hydrogen-bond donors (Lipinski definition) is 1. The van der Waals surface area contributed by atoms with Crippen molar-refractivity contribution >= 4 is 17.3 Å². The van der Waals surface area contributed by atoms with Crippen LogP contribution in [0, 0.1) is 0 Å². The Bertz CT molecular complexity index is 896. The number of nitrogens with zero attached hydrogens (tertiary/aromatic N) is 2. The third kappa shape index (κ3) is 7.78. The number of ether oxygens (including phenoxy) is 2. The van der Waals surface area contributed by atoms with Gasteiger partial charge in [0.05, 0.1) is 31.1 Å². The standard InChI is InChI=1S/C25H33ClN2O4/c1-25(2,3)31-17-21(29)15-28(14-18-6-5-7-22(12-18)30-4)16-23-13-24(27-32-23)19-8-10-20(26)11-9-19/h5-12,21,23,29H,13-17H2,1-4H3/t21-,23-/m0/s1. The summed E-state index contributed by atoms with van der Waals surface area (Å²) in [5.41, 5.74) is 2.72. The number of methoxy groups -OCH3 is 1. The van der Waals surface area contributed by atoms with Crippen LogP contribution in [0.2, 0.25) is 5.02 Å². The molecule has 0 spiro atoms. The van der Waals surface area contributed by atoms with Gasteiger partial charge in [-0.25, -0.2) is 0 Å². The van der Waals surface area contributed by atoms with Gasteiger partial charge in [-0.3, -0.25) is 4.90 Å². The van der Waals surface area contributed by atoms with E-state index in [0.717, 1.165) is 22.6 Å². The lowest BCUT2D eigenvalue weighted by Crippen LogP contribution is -2.40. The average molecular weight is 461 g/mol. The summed E-state index contributed by atoms with van der Waals surface area (Å²) >= 11 is 6.00. The molecule has 1 N–H and O–H groups in total. The predicted octanol–water partition coefficient (Wildman–Crippen LogP) is 4.52. The van der Waals surface area contributed by atoms with E-state index in [1.54, 1.807) is 7.11 Å². The molecule has 2 aromatic rings. The van der Waals surface area contributed by atoms with Gasteiger partial charge in [0, 0.05) is 31.1 Å². The molecule has 6 nitrogen and oxygen atoms in total. The molecule has 0 radical (unpaired) electrons. The highest BCUT2D eigenvalue weighted by atomic mass is 35.5. The molecule has 2 aromatic carbocycles. The van der Waals surface area contributed by atoms with E-state index in [4.69, 9.17) is 25.9 Å². The van der Waals surface area contributed by atoms with Gasteiger partial charge in [0.1, 0.15) is 11.9 Å². The molecule has 7 heteroatoms. The SMILES string of the molecule is COc1cccc(CN(C[C@H](O)COC(C)(C)C)C[C@@H]2CC(c3ccc(Cl)cc3)=NO2)c1. The highest BCUT2D eigenvalue weighted by molar-refractivity contribution is 6.30. The Balaban J connectivity index is 1.64. The zero-order chi connectivity index (χ0) is 23.1. The molecule has 0 aliphatic carbocycles. The minimum atomic E-state index is -0.613. The number of halogens is 1. The van der Waals surface area contributed by atoms with Crippen LogP contribution >= 0.6 is 11.6 Å². The largest absolute Gasteiger partial charge is 0.497 e. The van der Waals surface area contributed by atoms with Gasteiger partial charge >= 0.3 is 0 Å². The number of aliphatic hydroxyl groups is 1. The molecule has 1 heterocycles. The zero-order valence-electron chi connectivity index (χ0n) is 19.3. The molecule has 1 aliphatic rings. The Morgan fingerprint density at radius 2 is 1.97 bits per heavy atom. The first-order chi connectivity index (χ1) is 15.2. The van der Waals surface area contributed by atoms with Gasteiger partial charge in [-0.15, -0.1) is 0 Å². The number of hydrogen-bond acceptors (Lipinski definition) is 6. The van der Waals surface area contributed by atoms with Gasteiger partial charge in [-0.2, -0.15) is 0 Å². The highest BCUT2D eigenvalue weighted by Gasteiger charge is 2.26. The van der Waals surface area contributed by atoms with Crippen LogP contribution < -0.4 is 4.74 Å². The highest BCUT2D eigenvalue weighted by Crippen LogP contribution is 2.21. The summed E-state index contributed by atoms with van der Waals surface area (Å²) < 4.78 is 11.1. The first-order valence-electron chi connectivity index (χ1n) is 10.9. The quantitative estimate of drug-likeness (QED) is 0.564. The number of aliphatic hydroxyl groups excluding tert-OH is 1. The molecule has 2 atom stereocenters. The molecular weight excluding hydrogens is 428 g/mol. The Morgan fingerprint density at radius 3 is 2.66 bits per heavy atom. The fraction of sp³-hybridized carbons (Fsp3) is 0.480. The monoisotopic (exact) mass is 460 g/mol. The summed E-state index contributed by atoms with van der Waals surface area (Å²) in [5.74, 6) is 0.810. The molecule has 0 unspecified atom stereocenters. The van der Waals surface area contributed by atoms with Gasteiger partial charge < -0.3 is 19.4 Å². The van der Waals surface area contributed by atoms with E-state index in [1.165, 1.54) is 0 Å². The lowest BCUT2D eigenvalue weighted by atomic mass is 10.0. The maximum Gasteiger partial charge on any atom is 0.145 e. The first kappa shape index (κ1) is 24.5. The zero-order valence-corrected chi connectivity index (χ0v) is 20.0. The molecule has 0 bridgehead atoms. The minimum Gasteiger partial charge on any atom is -0.497 e. The van der Waals surface area contributed by atoms with Crippen molar-refractivity contribution in [2.75, 3.05) is 26.8 Å². The molecule has 0 amide bonds. The second-order valence-electron chi connectivity index (χ2n) is 9.10. The van der Waals surface area contributed by atoms with E-state index in [2.05, 4.69) is 16.1 Å². The lowest BCUT2D eigenvalue weighted by molar-refractivity contribution is -0.0600. The van der Waals surface area contributed by atoms with Crippen molar-refractivity contribution in [1.82, 2.24) is 4.90 Å². The fourth-order valence-corrected chi connectivity index (χ4v) is 3.68. The normalized spacial score (nSPS) is 17.2. The van der Waals surface area contributed by atoms with Gasteiger partial charge in [0.15, 0.2) is 0 Å². The van der Waals surface area contributed by atoms with Crippen molar-refractivity contribution in [3.8, 4) is 5.75 Å². The Labute approximate surface area is 195 Å². The van der Waals surface area contributed by atoms with Gasteiger partial charge in [-0.05, 0) is 56.2 Å². The van der Waals surface area contributed by atoms with Crippen LogP contribution in [-0.2, 0) is 16.1 Å². The summed E-state index contributed by atoms with van der Waals surface area (Å²) in [6, 6.07) is 15.6. The molecular formula is C25H33ClN2O4. The number of benzene rings is 2. The smallest absolute Gasteiger partial charge is 0.145 e. The van der Waals surface area contributed by atoms with Crippen molar-refractivity contribution in [1.29, 1.82) is 0 Å². The van der Waals surface area contributed by atoms with E-state index in [-0.39, 0.29) is 18.3 Å². The first-order valence-corrected chi connectivity index (χ1v) is 11.3. The van der Waals surface area contributed by atoms with Gasteiger partial charge in [-0.1, -0.05) is 41.0 Å². The molecule has 0 saturated carbocycles. The van der Waals surface area contributed by atoms with E-state index in [1.807, 2.05) is 63.2 Å². The van der Waals surface area contributed by atoms with Crippen LogP contribution in [0.25, 0.3) is 0 Å². The van der Waals surface area contributed by atoms with Crippen molar-refractivity contribution in [3.63, 3.8) is 0 Å². The topological polar surface area (TPSA) is 63.5 Å². The summed E-state index contributed by atoms with van der Waals surface area (Å²) in [6.45, 7) is 7.96. The minimum absolute atomic E-state index is 0.0954. The Morgan fingerprint density at radius 1 is 1.22 bits per heavy atom. The second kappa shape index (κ2) is 11.1. The molecule has 174 valence electrons. The molecule has 0 saturated heterocycles. The van der Waals surface area contributed by atoms with Crippen molar-refractivity contribution in [2.24, 2.45) is 5.16 Å². The molecule has 32 heavy (non-hydrogen) atoms. The third-order valence-corrected chi connectivity index (χ3v) is 5.34. The summed E-state index contributed by atoms with van der Waals surface area (Å²) in [7, 11) is 1.66. The van der Waals surface area contributed by atoms with Crippen LogP contribution in [0.15, 0.2) is 53.7 Å². The molecule has 1 aliphatic heterocycles. The van der Waals surface area contributed by atoms with Crippen LogP contribution in [-0.4, -0.2) is 60.3 Å². The summed E-state index contributed by atoms with van der Waals surface area (Å²) in [4.78, 5) is 7.91. The van der Waals surface area contributed by atoms with Crippen LogP contribution in [0.1, 0.15) is 38.3 Å². The van der Waals surface area contributed by atoms with Crippen LogP contribution in [0.4, 0.5) is 0 Å². The van der Waals surface area contributed by atoms with E-state index in [0.29, 0.717) is 31.1 Å². The van der Waals surface area contributed by atoms with Crippen molar-refractivity contribution in [3.05, 3.63) is 64.7 Å². The number of oxime groups is 1. The van der Waals surface area contributed by atoms with Gasteiger partial charge in [0.2, 0.25) is 0 Å². The van der Waals surface area contributed by atoms with E-state index < -0.39 is 6.10 Å². The predicted molar refractivity (Wildman–Crippen MR) is 127 cm³/mol. The van der Waals surface area contributed by atoms with Crippen LogP contribution in [0.5, 0.6) is 5.75 Å². The average Bonchev–Trinajstić information content (AvgIpc) is 3.21. The van der Waals surface area contributed by atoms with E-state index in [9.17, 15) is 5.11 Å². The van der Waals surface area contributed by atoms with Crippen molar-refractivity contribution < 1.29 is 19.4 Å². The van der Waals surface area contributed by atoms with Crippen LogP contribution in [0.3, 0.4) is 0 Å². The maximum absolute atomic E-state index is 10.6. The fourth-order valence-electron chi connectivity index (χ4n) is 3.56. The summed E-state index contributed by atoms with van der Waals surface area (Å²) in [6.07, 6.45) is -0.00918. The maximum atomic E-state index is 10.6. The molecule has 0 aromatic heterocycles. The third-order valence-electron chi connectivity index (χ3n) is 5.09.